The molecule has 0 saturated heterocycles. The van der Waals surface area contributed by atoms with Gasteiger partial charge < -0.3 is 15.7 Å². The number of amides is 1. The lowest BCUT2D eigenvalue weighted by Crippen LogP contribution is -2.16. The number of rotatable bonds is 7. The largest absolute Gasteiger partial charge is 0.387 e. The molecule has 3 N–H and O–H groups in total. The highest BCUT2D eigenvalue weighted by Gasteiger charge is 2.43. The van der Waals surface area contributed by atoms with Gasteiger partial charge >= 0.3 is 0 Å². The van der Waals surface area contributed by atoms with E-state index in [0.717, 1.165) is 11.3 Å². The standard InChI is InChI=1S/C20H22FN7O2/c1-3-16(29)14-6-11(2)15(9-23-14)26-20-22-4-5-28(20)18-8-17(24-10-25-18)27-19(30)12-7-13(12)21/h4-6,8-10,12-13,16,29H,3,7H2,1-2H3,(H,22,26)(H,24,25,27,30)/t12-,13+,16+/m0/s1. The number of alkyl halides is 1. The van der Waals surface area contributed by atoms with Crippen LogP contribution in [0.5, 0.6) is 0 Å². The number of carbonyl (C=O) groups is 1. The van der Waals surface area contributed by atoms with Crippen LogP contribution in [0.4, 0.5) is 21.8 Å². The van der Waals surface area contributed by atoms with Crippen LogP contribution in [0.2, 0.25) is 0 Å². The Hall–Kier alpha value is -3.40. The van der Waals surface area contributed by atoms with Crippen LogP contribution in [0.3, 0.4) is 0 Å². The number of carbonyl (C=O) groups excluding carboxylic acids is 1. The molecule has 0 radical (unpaired) electrons. The number of halogens is 1. The van der Waals surface area contributed by atoms with Gasteiger partial charge in [-0.1, -0.05) is 6.92 Å². The van der Waals surface area contributed by atoms with Crippen LogP contribution in [0.15, 0.2) is 37.1 Å². The van der Waals surface area contributed by atoms with E-state index in [2.05, 4.69) is 30.6 Å². The predicted octanol–water partition coefficient (Wildman–Crippen LogP) is 2.85. The molecular weight excluding hydrogens is 389 g/mol. The van der Waals surface area contributed by atoms with E-state index in [-0.39, 0.29) is 12.3 Å². The smallest absolute Gasteiger partial charge is 0.231 e. The molecule has 3 heterocycles. The zero-order chi connectivity index (χ0) is 21.3. The molecule has 4 rings (SSSR count). The number of pyridine rings is 1. The minimum atomic E-state index is -1.07. The number of nitrogens with zero attached hydrogens (tertiary/aromatic N) is 5. The number of hydrogen-bond donors (Lipinski definition) is 3. The highest BCUT2D eigenvalue weighted by molar-refractivity contribution is 5.94. The average molecular weight is 411 g/mol. The van der Waals surface area contributed by atoms with Gasteiger partial charge in [0.05, 0.1) is 29.6 Å². The number of imidazole rings is 1. The number of nitrogens with one attached hydrogen (secondary N) is 2. The molecular formula is C20H22FN7O2. The summed E-state index contributed by atoms with van der Waals surface area (Å²) >= 11 is 0. The molecule has 1 fully saturated rings. The fourth-order valence-corrected chi connectivity index (χ4v) is 3.00. The topological polar surface area (TPSA) is 118 Å². The summed E-state index contributed by atoms with van der Waals surface area (Å²) in [6.45, 7) is 3.81. The number of aryl methyl sites for hydroxylation is 1. The molecule has 3 atom stereocenters. The summed E-state index contributed by atoms with van der Waals surface area (Å²) in [4.78, 5) is 28.9. The van der Waals surface area contributed by atoms with Crippen LogP contribution < -0.4 is 10.6 Å². The van der Waals surface area contributed by atoms with Crippen molar-refractivity contribution in [3.8, 4) is 5.82 Å². The number of anilines is 3. The number of aromatic nitrogens is 5. The zero-order valence-electron chi connectivity index (χ0n) is 16.6. The van der Waals surface area contributed by atoms with E-state index in [1.807, 2.05) is 19.9 Å². The third-order valence-corrected chi connectivity index (χ3v) is 4.95. The average Bonchev–Trinajstić information content (AvgIpc) is 3.30. The molecule has 0 bridgehead atoms. The highest BCUT2D eigenvalue weighted by Crippen LogP contribution is 2.34. The Bertz CT molecular complexity index is 1070. The van der Waals surface area contributed by atoms with Gasteiger partial charge in [0.25, 0.3) is 0 Å². The molecule has 0 unspecified atom stereocenters. The second-order valence-corrected chi connectivity index (χ2v) is 7.20. The van der Waals surface area contributed by atoms with Crippen LogP contribution in [0.1, 0.15) is 37.1 Å². The van der Waals surface area contributed by atoms with Crippen molar-refractivity contribution in [1.82, 2.24) is 24.5 Å². The van der Waals surface area contributed by atoms with Crippen LogP contribution in [-0.4, -0.2) is 41.7 Å². The van der Waals surface area contributed by atoms with Gasteiger partial charge in [0.2, 0.25) is 11.9 Å². The Morgan fingerprint density at radius 3 is 2.83 bits per heavy atom. The second-order valence-electron chi connectivity index (χ2n) is 7.20. The highest BCUT2D eigenvalue weighted by atomic mass is 19.1. The molecule has 10 heteroatoms. The molecule has 0 spiro atoms. The lowest BCUT2D eigenvalue weighted by Gasteiger charge is -2.14. The van der Waals surface area contributed by atoms with Crippen LogP contribution >= 0.6 is 0 Å². The van der Waals surface area contributed by atoms with E-state index >= 15 is 0 Å². The molecule has 0 aromatic carbocycles. The van der Waals surface area contributed by atoms with Crippen molar-refractivity contribution in [3.63, 3.8) is 0 Å². The minimum Gasteiger partial charge on any atom is -0.387 e. The van der Waals surface area contributed by atoms with E-state index < -0.39 is 18.2 Å². The minimum absolute atomic E-state index is 0.251. The van der Waals surface area contributed by atoms with E-state index in [4.69, 9.17) is 0 Å². The molecule has 1 saturated carbocycles. The van der Waals surface area contributed by atoms with Crippen LogP contribution in [0, 0.1) is 12.8 Å². The zero-order valence-corrected chi connectivity index (χ0v) is 16.6. The van der Waals surface area contributed by atoms with E-state index in [1.165, 1.54) is 6.33 Å². The maximum atomic E-state index is 13.1. The van der Waals surface area contributed by atoms with Crippen molar-refractivity contribution in [1.29, 1.82) is 0 Å². The first-order valence-corrected chi connectivity index (χ1v) is 9.68. The molecule has 9 nitrogen and oxygen atoms in total. The summed E-state index contributed by atoms with van der Waals surface area (Å²) in [5, 5.41) is 15.8. The van der Waals surface area contributed by atoms with Gasteiger partial charge in [0, 0.05) is 18.5 Å². The number of aliphatic hydroxyl groups is 1. The van der Waals surface area contributed by atoms with Crippen LogP contribution in [0.25, 0.3) is 5.82 Å². The predicted molar refractivity (Wildman–Crippen MR) is 108 cm³/mol. The third kappa shape index (κ3) is 4.13. The van der Waals surface area contributed by atoms with Gasteiger partial charge in [-0.2, -0.15) is 0 Å². The molecule has 0 aliphatic heterocycles. The molecule has 1 aliphatic carbocycles. The lowest BCUT2D eigenvalue weighted by atomic mass is 10.1. The Labute approximate surface area is 172 Å². The van der Waals surface area contributed by atoms with E-state index in [1.54, 1.807) is 29.2 Å². The Morgan fingerprint density at radius 2 is 2.13 bits per heavy atom. The first-order valence-electron chi connectivity index (χ1n) is 9.68. The maximum Gasteiger partial charge on any atom is 0.231 e. The first kappa shape index (κ1) is 19.9. The Balaban J connectivity index is 1.54. The molecule has 3 aromatic heterocycles. The van der Waals surface area contributed by atoms with Crippen molar-refractivity contribution >= 4 is 23.4 Å². The normalized spacial score (nSPS) is 18.7. The maximum absolute atomic E-state index is 13.1. The quantitative estimate of drug-likeness (QED) is 0.547. The van der Waals surface area contributed by atoms with Gasteiger partial charge in [-0.25, -0.2) is 19.3 Å². The van der Waals surface area contributed by atoms with Gasteiger partial charge in [-0.05, 0) is 31.4 Å². The fourth-order valence-electron chi connectivity index (χ4n) is 3.00. The lowest BCUT2D eigenvalue weighted by molar-refractivity contribution is -0.117. The molecule has 1 aliphatic rings. The Kier molecular flexibility index (Phi) is 5.40. The Morgan fingerprint density at radius 1 is 1.33 bits per heavy atom. The van der Waals surface area contributed by atoms with Crippen molar-refractivity contribution in [3.05, 3.63) is 48.3 Å². The fraction of sp³-hybridized carbons (Fsp3) is 0.350. The van der Waals surface area contributed by atoms with Gasteiger partial charge in [-0.3, -0.25) is 14.3 Å². The third-order valence-electron chi connectivity index (χ3n) is 4.95. The summed E-state index contributed by atoms with van der Waals surface area (Å²) in [6.07, 6.45) is 5.46. The number of hydrogen-bond acceptors (Lipinski definition) is 7. The van der Waals surface area contributed by atoms with Crippen LogP contribution in [-0.2, 0) is 4.79 Å². The van der Waals surface area contributed by atoms with Gasteiger partial charge in [0.1, 0.15) is 24.1 Å². The van der Waals surface area contributed by atoms with Crippen molar-refractivity contribution in [2.24, 2.45) is 5.92 Å². The van der Waals surface area contributed by atoms with Crippen molar-refractivity contribution in [2.75, 3.05) is 10.6 Å². The SMILES string of the molecule is CC[C@@H](O)c1cc(C)c(Nc2nccn2-c2cc(NC(=O)[C@H]3C[C@H]3F)ncn2)cn1. The summed E-state index contributed by atoms with van der Waals surface area (Å²) in [6, 6.07) is 3.42. The van der Waals surface area contributed by atoms with Gasteiger partial charge in [0.15, 0.2) is 0 Å². The summed E-state index contributed by atoms with van der Waals surface area (Å²) in [5.74, 6) is 0.285. The summed E-state index contributed by atoms with van der Waals surface area (Å²) < 4.78 is 14.8. The molecule has 156 valence electrons. The van der Waals surface area contributed by atoms with Crippen molar-refractivity contribution < 1.29 is 14.3 Å². The van der Waals surface area contributed by atoms with E-state index in [9.17, 15) is 14.3 Å². The molecule has 1 amide bonds. The summed E-state index contributed by atoms with van der Waals surface area (Å²) in [7, 11) is 0. The summed E-state index contributed by atoms with van der Waals surface area (Å²) in [5.41, 5.74) is 2.26. The van der Waals surface area contributed by atoms with Crippen molar-refractivity contribution in [2.45, 2.75) is 39.0 Å². The monoisotopic (exact) mass is 411 g/mol. The second kappa shape index (κ2) is 8.15. The van der Waals surface area contributed by atoms with Gasteiger partial charge in [-0.15, -0.1) is 0 Å². The first-order chi connectivity index (χ1) is 14.5. The van der Waals surface area contributed by atoms with E-state index in [0.29, 0.717) is 29.7 Å². The molecule has 3 aromatic rings. The molecule has 30 heavy (non-hydrogen) atoms. The number of aliphatic hydroxyl groups excluding tert-OH is 1.